The van der Waals surface area contributed by atoms with Gasteiger partial charge in [-0.1, -0.05) is 34.6 Å². The number of carbonyl (C=O) groups excluding carboxylic acids is 1. The number of allylic oxidation sites excluding steroid dienone is 2. The van der Waals surface area contributed by atoms with Crippen LogP contribution in [0.15, 0.2) is 18.2 Å². The molecule has 126 valence electrons. The smallest absolute Gasteiger partial charge is 0.143 e. The van der Waals surface area contributed by atoms with E-state index in [1.54, 1.807) is 6.08 Å². The average molecular weight is 314 g/mol. The molecule has 0 radical (unpaired) electrons. The third-order valence-electron chi connectivity index (χ3n) is 5.16. The standard InChI is InChI=1S/C21H30O2/c1-7-12-23-19-14-18-17(13-16(19)15(2)8-11-22)20(3,4)9-10-21(18,5)6/h8,11,13-14H,7,9-10,12H2,1-6H3/b15-8-. The first-order valence-corrected chi connectivity index (χ1v) is 8.67. The summed E-state index contributed by atoms with van der Waals surface area (Å²) in [4.78, 5) is 10.9. The molecular weight excluding hydrogens is 284 g/mol. The van der Waals surface area contributed by atoms with E-state index in [2.05, 4.69) is 46.8 Å². The van der Waals surface area contributed by atoms with Crippen molar-refractivity contribution in [2.24, 2.45) is 0 Å². The fourth-order valence-electron chi connectivity index (χ4n) is 3.43. The summed E-state index contributed by atoms with van der Waals surface area (Å²) < 4.78 is 6.02. The zero-order valence-corrected chi connectivity index (χ0v) is 15.5. The Hall–Kier alpha value is -1.57. The number of hydrogen-bond donors (Lipinski definition) is 0. The summed E-state index contributed by atoms with van der Waals surface area (Å²) in [5, 5.41) is 0. The van der Waals surface area contributed by atoms with Crippen molar-refractivity contribution >= 4 is 11.9 Å². The molecule has 0 aliphatic heterocycles. The molecule has 0 saturated carbocycles. The van der Waals surface area contributed by atoms with E-state index in [-0.39, 0.29) is 10.8 Å². The summed E-state index contributed by atoms with van der Waals surface area (Å²) in [5.41, 5.74) is 5.12. The SMILES string of the molecule is CCCOc1cc2c(cc1/C(C)=C\C=O)C(C)(C)CCC2(C)C. The van der Waals surface area contributed by atoms with Crippen LogP contribution in [0.1, 0.15) is 77.5 Å². The first-order valence-electron chi connectivity index (χ1n) is 8.67. The first-order chi connectivity index (χ1) is 10.7. The Morgan fingerprint density at radius 2 is 1.70 bits per heavy atom. The van der Waals surface area contributed by atoms with Gasteiger partial charge in [-0.25, -0.2) is 0 Å². The molecule has 2 rings (SSSR count). The lowest BCUT2D eigenvalue weighted by atomic mass is 9.62. The zero-order chi connectivity index (χ0) is 17.3. The minimum absolute atomic E-state index is 0.157. The second kappa shape index (κ2) is 6.51. The van der Waals surface area contributed by atoms with Gasteiger partial charge in [0.25, 0.3) is 0 Å². The highest BCUT2D eigenvalue weighted by atomic mass is 16.5. The Kier molecular flexibility index (Phi) is 5.03. The van der Waals surface area contributed by atoms with E-state index >= 15 is 0 Å². The number of fused-ring (bicyclic) bond motifs is 1. The van der Waals surface area contributed by atoms with Gasteiger partial charge in [0.1, 0.15) is 12.0 Å². The fraction of sp³-hybridized carbons (Fsp3) is 0.571. The van der Waals surface area contributed by atoms with E-state index in [1.807, 2.05) is 6.92 Å². The molecule has 0 aromatic heterocycles. The Bertz CT molecular complexity index is 621. The summed E-state index contributed by atoms with van der Waals surface area (Å²) in [6.07, 6.45) is 5.82. The Labute approximate surface area is 140 Å². The molecule has 0 heterocycles. The number of benzene rings is 1. The third kappa shape index (κ3) is 3.52. The second-order valence-corrected chi connectivity index (χ2v) is 8.00. The molecule has 1 aromatic carbocycles. The largest absolute Gasteiger partial charge is 0.493 e. The Morgan fingerprint density at radius 1 is 1.13 bits per heavy atom. The summed E-state index contributed by atoms with van der Waals surface area (Å²) in [5.74, 6) is 0.909. The summed E-state index contributed by atoms with van der Waals surface area (Å²) in [6, 6.07) is 4.49. The number of rotatable bonds is 5. The van der Waals surface area contributed by atoms with Crippen LogP contribution in [0.2, 0.25) is 0 Å². The van der Waals surface area contributed by atoms with Gasteiger partial charge in [0, 0.05) is 5.56 Å². The molecule has 1 aliphatic carbocycles. The minimum Gasteiger partial charge on any atom is -0.493 e. The zero-order valence-electron chi connectivity index (χ0n) is 15.5. The lowest BCUT2D eigenvalue weighted by Crippen LogP contribution is -2.34. The lowest BCUT2D eigenvalue weighted by molar-refractivity contribution is -0.104. The van der Waals surface area contributed by atoms with Crippen molar-refractivity contribution in [1.29, 1.82) is 0 Å². The Morgan fingerprint density at radius 3 is 2.22 bits per heavy atom. The van der Waals surface area contributed by atoms with E-state index < -0.39 is 0 Å². The molecule has 0 spiro atoms. The monoisotopic (exact) mass is 314 g/mol. The molecule has 0 fully saturated rings. The van der Waals surface area contributed by atoms with Crippen molar-refractivity contribution in [1.82, 2.24) is 0 Å². The van der Waals surface area contributed by atoms with Crippen molar-refractivity contribution in [3.05, 3.63) is 34.9 Å². The molecule has 2 nitrogen and oxygen atoms in total. The topological polar surface area (TPSA) is 26.3 Å². The second-order valence-electron chi connectivity index (χ2n) is 8.00. The van der Waals surface area contributed by atoms with Gasteiger partial charge >= 0.3 is 0 Å². The maximum absolute atomic E-state index is 10.9. The van der Waals surface area contributed by atoms with Gasteiger partial charge in [-0.3, -0.25) is 4.79 Å². The highest BCUT2D eigenvalue weighted by Crippen LogP contribution is 2.48. The summed E-state index contributed by atoms with van der Waals surface area (Å²) >= 11 is 0. The van der Waals surface area contributed by atoms with Crippen molar-refractivity contribution in [2.75, 3.05) is 6.61 Å². The van der Waals surface area contributed by atoms with Crippen LogP contribution >= 0.6 is 0 Å². The van der Waals surface area contributed by atoms with Crippen LogP contribution in [-0.4, -0.2) is 12.9 Å². The van der Waals surface area contributed by atoms with Crippen molar-refractivity contribution < 1.29 is 9.53 Å². The first kappa shape index (κ1) is 17.8. The van der Waals surface area contributed by atoms with Crippen molar-refractivity contribution in [3.8, 4) is 5.75 Å². The predicted molar refractivity (Wildman–Crippen MR) is 97.2 cm³/mol. The van der Waals surface area contributed by atoms with Crippen LogP contribution in [-0.2, 0) is 15.6 Å². The molecule has 1 aliphatic rings. The summed E-state index contributed by atoms with van der Waals surface area (Å²) in [6.45, 7) is 14.1. The Balaban J connectivity index is 2.67. The van der Waals surface area contributed by atoms with Crippen LogP contribution < -0.4 is 4.74 Å². The molecule has 23 heavy (non-hydrogen) atoms. The van der Waals surface area contributed by atoms with Crippen LogP contribution in [0.25, 0.3) is 5.57 Å². The number of hydrogen-bond acceptors (Lipinski definition) is 2. The van der Waals surface area contributed by atoms with Gasteiger partial charge in [-0.05, 0) is 71.9 Å². The van der Waals surface area contributed by atoms with Gasteiger partial charge in [-0.15, -0.1) is 0 Å². The molecule has 0 amide bonds. The van der Waals surface area contributed by atoms with Crippen LogP contribution in [0.5, 0.6) is 5.75 Å². The van der Waals surface area contributed by atoms with Crippen molar-refractivity contribution in [3.63, 3.8) is 0 Å². The number of ether oxygens (including phenoxy) is 1. The molecule has 0 bridgehead atoms. The van der Waals surface area contributed by atoms with E-state index in [0.717, 1.165) is 29.6 Å². The van der Waals surface area contributed by atoms with E-state index in [4.69, 9.17) is 4.74 Å². The highest BCUT2D eigenvalue weighted by molar-refractivity contribution is 5.83. The fourth-order valence-corrected chi connectivity index (χ4v) is 3.43. The van der Waals surface area contributed by atoms with Crippen molar-refractivity contribution in [2.45, 2.75) is 71.6 Å². The molecular formula is C21H30O2. The van der Waals surface area contributed by atoms with E-state index in [1.165, 1.54) is 24.0 Å². The normalized spacial score (nSPS) is 19.1. The molecule has 1 aromatic rings. The van der Waals surface area contributed by atoms with E-state index in [9.17, 15) is 4.79 Å². The van der Waals surface area contributed by atoms with Crippen LogP contribution in [0, 0.1) is 0 Å². The van der Waals surface area contributed by atoms with Gasteiger partial charge in [0.15, 0.2) is 0 Å². The number of aldehydes is 1. The quantitative estimate of drug-likeness (QED) is 0.535. The van der Waals surface area contributed by atoms with Crippen LogP contribution in [0.4, 0.5) is 0 Å². The number of carbonyl (C=O) groups is 1. The van der Waals surface area contributed by atoms with Gasteiger partial charge < -0.3 is 4.74 Å². The summed E-state index contributed by atoms with van der Waals surface area (Å²) in [7, 11) is 0. The third-order valence-corrected chi connectivity index (χ3v) is 5.16. The molecule has 2 heteroatoms. The highest BCUT2D eigenvalue weighted by Gasteiger charge is 2.38. The van der Waals surface area contributed by atoms with E-state index in [0.29, 0.717) is 6.61 Å². The predicted octanol–water partition coefficient (Wildman–Crippen LogP) is 5.43. The minimum atomic E-state index is 0.157. The maximum atomic E-state index is 10.9. The van der Waals surface area contributed by atoms with Crippen LogP contribution in [0.3, 0.4) is 0 Å². The van der Waals surface area contributed by atoms with Gasteiger partial charge in [0.05, 0.1) is 6.61 Å². The average Bonchev–Trinajstić information content (AvgIpc) is 2.49. The maximum Gasteiger partial charge on any atom is 0.143 e. The lowest BCUT2D eigenvalue weighted by Gasteiger charge is -2.42. The molecule has 0 saturated heterocycles. The molecule has 0 atom stereocenters. The molecule has 0 N–H and O–H groups in total. The van der Waals surface area contributed by atoms with Gasteiger partial charge in [-0.2, -0.15) is 0 Å². The van der Waals surface area contributed by atoms with Gasteiger partial charge in [0.2, 0.25) is 0 Å². The molecule has 0 unspecified atom stereocenters.